The molecule has 0 bridgehead atoms. The second kappa shape index (κ2) is 8.58. The average molecular weight is 458 g/mol. The van der Waals surface area contributed by atoms with Crippen LogP contribution in [0, 0.1) is 0 Å². The maximum Gasteiger partial charge on any atom is 0.341 e. The van der Waals surface area contributed by atoms with E-state index in [-0.39, 0.29) is 17.3 Å². The Morgan fingerprint density at radius 3 is 3.00 bits per heavy atom. The topological polar surface area (TPSA) is 108 Å². The molecule has 0 saturated heterocycles. The molecule has 34 heavy (non-hydrogen) atoms. The molecule has 9 heteroatoms. The number of para-hydroxylation sites is 1. The van der Waals surface area contributed by atoms with Crippen molar-refractivity contribution in [3.63, 3.8) is 0 Å². The van der Waals surface area contributed by atoms with Crippen LogP contribution >= 0.6 is 0 Å². The molecule has 0 spiro atoms. The molecule has 8 nitrogen and oxygen atoms in total. The monoisotopic (exact) mass is 458 g/mol. The first-order valence-corrected chi connectivity index (χ1v) is 10.9. The molecule has 0 radical (unpaired) electrons. The number of aromatic amines is 1. The summed E-state index contributed by atoms with van der Waals surface area (Å²) in [6.07, 6.45) is 6.51. The van der Waals surface area contributed by atoms with Gasteiger partial charge in [0.05, 0.1) is 17.7 Å². The lowest BCUT2D eigenvalue weighted by Gasteiger charge is -2.25. The van der Waals surface area contributed by atoms with Crippen LogP contribution in [0.4, 0.5) is 10.2 Å². The minimum atomic E-state index is -1.14. The molecule has 1 aliphatic rings. The Bertz CT molecular complexity index is 1490. The van der Waals surface area contributed by atoms with Gasteiger partial charge in [-0.25, -0.2) is 14.2 Å². The van der Waals surface area contributed by atoms with Crippen molar-refractivity contribution in [3.05, 3.63) is 77.1 Å². The van der Waals surface area contributed by atoms with Gasteiger partial charge in [0.2, 0.25) is 0 Å². The van der Waals surface area contributed by atoms with Crippen LogP contribution in [0.15, 0.2) is 59.6 Å². The molecule has 172 valence electrons. The van der Waals surface area contributed by atoms with Gasteiger partial charge in [0.1, 0.15) is 11.4 Å². The van der Waals surface area contributed by atoms with Crippen LogP contribution in [0.2, 0.25) is 0 Å². The number of H-pyrrole nitrogens is 1. The third-order valence-electron chi connectivity index (χ3n) is 6.03. The fourth-order valence-electron chi connectivity index (χ4n) is 4.56. The molecule has 3 aromatic heterocycles. The molecular weight excluding hydrogens is 435 g/mol. The minimum absolute atomic E-state index is 0.0423. The van der Waals surface area contributed by atoms with E-state index < -0.39 is 11.8 Å². The summed E-state index contributed by atoms with van der Waals surface area (Å²) in [5.41, 5.74) is 4.52. The van der Waals surface area contributed by atoms with Crippen LogP contribution in [0.1, 0.15) is 40.7 Å². The van der Waals surface area contributed by atoms with E-state index in [4.69, 9.17) is 0 Å². The van der Waals surface area contributed by atoms with E-state index in [2.05, 4.69) is 44.2 Å². The maximum absolute atomic E-state index is 13.7. The zero-order valence-electron chi connectivity index (χ0n) is 18.5. The fourth-order valence-corrected chi connectivity index (χ4v) is 4.56. The van der Waals surface area contributed by atoms with Gasteiger partial charge in [-0.3, -0.25) is 4.99 Å². The van der Waals surface area contributed by atoms with E-state index in [0.29, 0.717) is 17.1 Å². The van der Waals surface area contributed by atoms with Crippen molar-refractivity contribution in [2.24, 2.45) is 4.99 Å². The maximum atomic E-state index is 13.7. The lowest BCUT2D eigenvalue weighted by molar-refractivity contribution is 0.0698. The second-order valence-electron chi connectivity index (χ2n) is 8.34. The quantitative estimate of drug-likeness (QED) is 0.284. The van der Waals surface area contributed by atoms with Crippen molar-refractivity contribution in [3.8, 4) is 0 Å². The standard InChI is InChI=1S/C25H23FN6O2/c1-14(26)9-15(12-27-2)22-11-23(32-24(31-22)19(13-28-32)25(33)34)29-16-7-8-21-18(10-16)17-5-3-4-6-20(17)30-21/h3-6,9,11-13,16,29-30H,2,7-8,10H2,1H3,(H,33,34)/b14-9+,15-12+/t16-/m1/s1. The Hall–Kier alpha value is -4.27. The molecule has 0 fully saturated rings. The van der Waals surface area contributed by atoms with E-state index in [0.717, 1.165) is 24.8 Å². The first-order chi connectivity index (χ1) is 16.4. The number of allylic oxidation sites excluding steroid dienone is 3. The highest BCUT2D eigenvalue weighted by Gasteiger charge is 2.24. The first-order valence-electron chi connectivity index (χ1n) is 10.9. The van der Waals surface area contributed by atoms with Crippen LogP contribution in [-0.2, 0) is 12.8 Å². The van der Waals surface area contributed by atoms with Crippen LogP contribution < -0.4 is 5.32 Å². The predicted octanol–water partition coefficient (Wildman–Crippen LogP) is 4.79. The highest BCUT2D eigenvalue weighted by Crippen LogP contribution is 2.31. The zero-order chi connectivity index (χ0) is 23.8. The summed E-state index contributed by atoms with van der Waals surface area (Å²) in [7, 11) is 0. The van der Waals surface area contributed by atoms with Crippen molar-refractivity contribution in [2.45, 2.75) is 32.2 Å². The summed E-state index contributed by atoms with van der Waals surface area (Å²) < 4.78 is 15.2. The molecule has 0 amide bonds. The number of carboxylic acid groups (broad SMARTS) is 1. The highest BCUT2D eigenvalue weighted by molar-refractivity contribution is 5.95. The molecule has 0 saturated carbocycles. The number of aromatic carboxylic acids is 1. The molecule has 4 aromatic rings. The molecule has 3 heterocycles. The molecule has 3 N–H and O–H groups in total. The minimum Gasteiger partial charge on any atom is -0.477 e. The van der Waals surface area contributed by atoms with Crippen LogP contribution in [-0.4, -0.2) is 43.4 Å². The summed E-state index contributed by atoms with van der Waals surface area (Å²) in [5, 5.41) is 18.6. The van der Waals surface area contributed by atoms with Crippen LogP contribution in [0.3, 0.4) is 0 Å². The molecule has 1 atom stereocenters. The number of fused-ring (bicyclic) bond motifs is 4. The number of carbonyl (C=O) groups is 1. The van der Waals surface area contributed by atoms with Gasteiger partial charge in [-0.05, 0) is 50.6 Å². The Balaban J connectivity index is 1.57. The van der Waals surface area contributed by atoms with E-state index in [1.54, 1.807) is 6.07 Å². The molecule has 5 rings (SSSR count). The van der Waals surface area contributed by atoms with E-state index >= 15 is 0 Å². The van der Waals surface area contributed by atoms with Crippen molar-refractivity contribution >= 4 is 40.6 Å². The van der Waals surface area contributed by atoms with Gasteiger partial charge in [-0.2, -0.15) is 9.61 Å². The smallest absolute Gasteiger partial charge is 0.341 e. The summed E-state index contributed by atoms with van der Waals surface area (Å²) in [6, 6.07) is 10.1. The second-order valence-corrected chi connectivity index (χ2v) is 8.34. The van der Waals surface area contributed by atoms with E-state index in [9.17, 15) is 14.3 Å². The number of aliphatic imine (C=N–C) groups is 1. The van der Waals surface area contributed by atoms with Crippen molar-refractivity contribution in [1.29, 1.82) is 0 Å². The number of benzene rings is 1. The molecule has 0 aliphatic heterocycles. The lowest BCUT2D eigenvalue weighted by Crippen LogP contribution is -2.28. The predicted molar refractivity (Wildman–Crippen MR) is 130 cm³/mol. The molecule has 0 unspecified atom stereocenters. The van der Waals surface area contributed by atoms with Gasteiger partial charge in [0.25, 0.3) is 0 Å². The summed E-state index contributed by atoms with van der Waals surface area (Å²) in [6.45, 7) is 4.77. The zero-order valence-corrected chi connectivity index (χ0v) is 18.5. The van der Waals surface area contributed by atoms with E-state index in [1.807, 2.05) is 12.1 Å². The first kappa shape index (κ1) is 21.6. The lowest BCUT2D eigenvalue weighted by atomic mass is 9.91. The Morgan fingerprint density at radius 1 is 1.41 bits per heavy atom. The number of carboxylic acids is 1. The number of anilines is 1. The third-order valence-corrected chi connectivity index (χ3v) is 6.03. The molecule has 1 aliphatic carbocycles. The van der Waals surface area contributed by atoms with Crippen molar-refractivity contribution < 1.29 is 14.3 Å². The van der Waals surface area contributed by atoms with Gasteiger partial charge in [0.15, 0.2) is 5.65 Å². The third kappa shape index (κ3) is 3.85. The number of aryl methyl sites for hydroxylation is 1. The fraction of sp³-hybridized carbons (Fsp3) is 0.200. The number of nitrogens with one attached hydrogen (secondary N) is 2. The van der Waals surface area contributed by atoms with Crippen LogP contribution in [0.5, 0.6) is 0 Å². The SMILES string of the molecule is C=N/C=C(\C=C(/C)F)c1cc(N[C@@H]2CCc3[nH]c4ccccc4c3C2)n2ncc(C(=O)O)c2n1. The number of rotatable bonds is 6. The number of hydrogen-bond donors (Lipinski definition) is 3. The number of halogens is 1. The normalized spacial score (nSPS) is 16.6. The van der Waals surface area contributed by atoms with Crippen molar-refractivity contribution in [1.82, 2.24) is 19.6 Å². The largest absolute Gasteiger partial charge is 0.477 e. The Labute approximate surface area is 194 Å². The molecule has 1 aromatic carbocycles. The van der Waals surface area contributed by atoms with Gasteiger partial charge in [-0.15, -0.1) is 0 Å². The van der Waals surface area contributed by atoms with Gasteiger partial charge in [0, 0.05) is 40.5 Å². The highest BCUT2D eigenvalue weighted by atomic mass is 19.1. The average Bonchev–Trinajstić information content (AvgIpc) is 3.40. The summed E-state index contributed by atoms with van der Waals surface area (Å²) in [5.74, 6) is -1.01. The van der Waals surface area contributed by atoms with E-state index in [1.165, 1.54) is 46.6 Å². The van der Waals surface area contributed by atoms with Gasteiger partial charge < -0.3 is 15.4 Å². The van der Waals surface area contributed by atoms with Gasteiger partial charge >= 0.3 is 5.97 Å². The Morgan fingerprint density at radius 2 is 2.24 bits per heavy atom. The van der Waals surface area contributed by atoms with Gasteiger partial charge in [-0.1, -0.05) is 18.2 Å². The number of nitrogens with zero attached hydrogens (tertiary/aromatic N) is 4. The number of hydrogen-bond acceptors (Lipinski definition) is 5. The number of aromatic nitrogens is 4. The summed E-state index contributed by atoms with van der Waals surface area (Å²) in [4.78, 5) is 23.5. The summed E-state index contributed by atoms with van der Waals surface area (Å²) >= 11 is 0. The molecular formula is C25H23FN6O2. The van der Waals surface area contributed by atoms with Crippen LogP contribution in [0.25, 0.3) is 22.1 Å². The Kier molecular flexibility index (Phi) is 5.45. The van der Waals surface area contributed by atoms with Crippen molar-refractivity contribution in [2.75, 3.05) is 5.32 Å².